The van der Waals surface area contributed by atoms with Gasteiger partial charge in [0.15, 0.2) is 34.9 Å². The molecule has 1 spiro atoms. The van der Waals surface area contributed by atoms with Gasteiger partial charge in [-0.2, -0.15) is 59.8 Å². The molecule has 2 fully saturated rings. The van der Waals surface area contributed by atoms with Gasteiger partial charge in [-0.15, -0.1) is 0 Å². The molecule has 10 rings (SSSR count). The molecule has 360 valence electrons. The van der Waals surface area contributed by atoms with E-state index in [4.69, 9.17) is 64.8 Å². The van der Waals surface area contributed by atoms with Crippen LogP contribution in [-0.4, -0.2) is 97.8 Å². The molecule has 0 atom stereocenters. The van der Waals surface area contributed by atoms with Crippen LogP contribution in [0.3, 0.4) is 0 Å². The van der Waals surface area contributed by atoms with Gasteiger partial charge >= 0.3 is 0 Å². The molecule has 24 nitrogen and oxygen atoms in total. The fourth-order valence-electron chi connectivity index (χ4n) is 8.49. The van der Waals surface area contributed by atoms with Gasteiger partial charge < -0.3 is 64.8 Å². The largest absolute Gasteiger partial charge is 0.368 e. The zero-order valence-electron chi connectivity index (χ0n) is 38.0. The third-order valence-corrected chi connectivity index (χ3v) is 12.0. The maximum Gasteiger partial charge on any atom is 0.225 e. The highest BCUT2D eigenvalue weighted by molar-refractivity contribution is 5.61. The maximum absolute atomic E-state index is 6.93. The highest BCUT2D eigenvalue weighted by Gasteiger charge is 2.51. The van der Waals surface area contributed by atoms with Gasteiger partial charge in [0.2, 0.25) is 47.6 Å². The molecule has 16 N–H and O–H groups in total. The number of nitrogens with two attached hydrogens (primary N) is 8. The van der Waals surface area contributed by atoms with Gasteiger partial charge in [0.25, 0.3) is 0 Å². The van der Waals surface area contributed by atoms with Crippen LogP contribution in [0.15, 0.2) is 97.1 Å². The van der Waals surface area contributed by atoms with Crippen LogP contribution in [0.5, 0.6) is 0 Å². The van der Waals surface area contributed by atoms with E-state index in [-0.39, 0.29) is 74.0 Å². The molecule has 0 amide bonds. The fourth-order valence-corrected chi connectivity index (χ4v) is 8.49. The van der Waals surface area contributed by atoms with E-state index in [9.17, 15) is 0 Å². The molecular weight excluding hydrogens is 909 g/mol. The Morgan fingerprint density at radius 2 is 0.465 bits per heavy atom. The van der Waals surface area contributed by atoms with Crippen molar-refractivity contribution in [2.24, 2.45) is 5.41 Å². The lowest BCUT2D eigenvalue weighted by Gasteiger charge is -2.51. The van der Waals surface area contributed by atoms with E-state index < -0.39 is 17.0 Å². The topological polar surface area (TPSA) is 400 Å². The molecule has 71 heavy (non-hydrogen) atoms. The second-order valence-electron chi connectivity index (χ2n) is 17.5. The first-order valence-electron chi connectivity index (χ1n) is 22.2. The normalized spacial score (nSPS) is 15.9. The SMILES string of the molecule is Nc1nc(N)nc(-c2ccc(CC3(Cc4ccc(-c5nc(N)nc(N)n5)cc4)OCC4(CO3)COC(Cc3ccc(-c5nc(N)nc(N)n5)cc3)(Cc3ccc(-c5nc(N)nc(N)n5)cc3)OC4)cc2)n1. The number of aromatic nitrogens is 12. The molecular formula is C47H48N20O4. The Hall–Kier alpha value is -8.84. The third-order valence-electron chi connectivity index (χ3n) is 12.0. The van der Waals surface area contributed by atoms with Gasteiger partial charge in [-0.25, -0.2) is 0 Å². The molecule has 2 aliphatic heterocycles. The van der Waals surface area contributed by atoms with Crippen molar-refractivity contribution in [3.8, 4) is 45.6 Å². The number of rotatable bonds is 12. The standard InChI is InChI=1S/C47H48N20O4/c48-37-56-33(57-38(49)64-37)29-9-1-25(2-10-29)17-46(18-26-3-11-30(12-4-26)34-58-39(50)65-40(51)59-34)68-21-45(22-69-46)23-70-47(71-24-45,19-27-5-13-31(14-6-27)35-60-41(52)66-42(53)61-35)20-28-7-15-32(16-8-28)36-62-43(54)67-44(55)63-36/h1-16H,17-24H2,(H4,48,49,56,57,64)(H4,50,51,58,59,65)(H4,52,53,60,61,66)(H4,54,55,62,63,67). The van der Waals surface area contributed by atoms with E-state index in [2.05, 4.69) is 59.8 Å². The number of nitrogens with zero attached hydrogens (tertiary/aromatic N) is 12. The highest BCUT2D eigenvalue weighted by atomic mass is 16.7. The van der Waals surface area contributed by atoms with E-state index in [1.807, 2.05) is 97.1 Å². The van der Waals surface area contributed by atoms with Crippen LogP contribution in [0.1, 0.15) is 22.3 Å². The van der Waals surface area contributed by atoms with E-state index in [1.54, 1.807) is 0 Å². The lowest BCUT2D eigenvalue weighted by molar-refractivity contribution is -0.366. The van der Waals surface area contributed by atoms with Crippen molar-refractivity contribution in [1.29, 1.82) is 0 Å². The second kappa shape index (κ2) is 18.6. The van der Waals surface area contributed by atoms with Crippen molar-refractivity contribution in [3.63, 3.8) is 0 Å². The van der Waals surface area contributed by atoms with Crippen LogP contribution in [0, 0.1) is 5.41 Å². The van der Waals surface area contributed by atoms with Crippen molar-refractivity contribution < 1.29 is 18.9 Å². The molecule has 8 aromatic rings. The number of anilines is 8. The van der Waals surface area contributed by atoms with Crippen molar-refractivity contribution in [1.82, 2.24) is 59.8 Å². The molecule has 0 bridgehead atoms. The Labute approximate surface area is 405 Å². The summed E-state index contributed by atoms with van der Waals surface area (Å²) >= 11 is 0. The van der Waals surface area contributed by atoms with Gasteiger partial charge in [-0.1, -0.05) is 97.1 Å². The molecule has 0 radical (unpaired) electrons. The quantitative estimate of drug-likeness (QED) is 0.0871. The average molecular weight is 957 g/mol. The summed E-state index contributed by atoms with van der Waals surface area (Å²) < 4.78 is 27.7. The summed E-state index contributed by atoms with van der Waals surface area (Å²) in [5.74, 6) is -0.517. The molecule has 2 aliphatic rings. The molecule has 6 heterocycles. The number of nitrogen functional groups attached to an aromatic ring is 8. The zero-order valence-corrected chi connectivity index (χ0v) is 38.0. The second-order valence-corrected chi connectivity index (χ2v) is 17.5. The summed E-state index contributed by atoms with van der Waals surface area (Å²) in [6, 6.07) is 30.9. The summed E-state index contributed by atoms with van der Waals surface area (Å²) in [4.78, 5) is 49.6. The highest BCUT2D eigenvalue weighted by Crippen LogP contribution is 2.42. The Kier molecular flexibility index (Phi) is 12.0. The van der Waals surface area contributed by atoms with Gasteiger partial charge in [-0.3, -0.25) is 0 Å². The van der Waals surface area contributed by atoms with Crippen molar-refractivity contribution in [2.45, 2.75) is 37.3 Å². The van der Waals surface area contributed by atoms with Gasteiger partial charge in [0.1, 0.15) is 0 Å². The maximum atomic E-state index is 6.93. The first-order valence-corrected chi connectivity index (χ1v) is 22.2. The van der Waals surface area contributed by atoms with Crippen molar-refractivity contribution in [2.75, 3.05) is 72.3 Å². The smallest absolute Gasteiger partial charge is 0.225 e. The molecule has 24 heteroatoms. The minimum absolute atomic E-state index is 0.0300. The first-order chi connectivity index (χ1) is 34.2. The molecule has 4 aromatic heterocycles. The van der Waals surface area contributed by atoms with E-state index in [0.717, 1.165) is 22.3 Å². The predicted octanol–water partition coefficient (Wildman–Crippen LogP) is 2.50. The third kappa shape index (κ3) is 10.4. The van der Waals surface area contributed by atoms with Gasteiger partial charge in [0, 0.05) is 47.9 Å². The first kappa shape index (κ1) is 45.9. The number of benzene rings is 4. The van der Waals surface area contributed by atoms with E-state index in [0.29, 0.717) is 71.2 Å². The number of hydrogen-bond donors (Lipinski definition) is 8. The monoisotopic (exact) mass is 956 g/mol. The van der Waals surface area contributed by atoms with E-state index >= 15 is 0 Å². The van der Waals surface area contributed by atoms with Crippen LogP contribution < -0.4 is 45.9 Å². The summed E-state index contributed by atoms with van der Waals surface area (Å²) in [5.41, 5.74) is 52.9. The molecule has 0 saturated carbocycles. The van der Waals surface area contributed by atoms with Crippen LogP contribution in [-0.2, 0) is 44.6 Å². The summed E-state index contributed by atoms with van der Waals surface area (Å²) in [5, 5.41) is 0. The Morgan fingerprint density at radius 1 is 0.282 bits per heavy atom. The molecule has 2 saturated heterocycles. The van der Waals surface area contributed by atoms with Crippen LogP contribution in [0.4, 0.5) is 47.6 Å². The Morgan fingerprint density at radius 3 is 0.648 bits per heavy atom. The van der Waals surface area contributed by atoms with Crippen LogP contribution >= 0.6 is 0 Å². The van der Waals surface area contributed by atoms with Crippen LogP contribution in [0.25, 0.3) is 45.6 Å². The lowest BCUT2D eigenvalue weighted by Crippen LogP contribution is -2.60. The van der Waals surface area contributed by atoms with E-state index in [1.165, 1.54) is 0 Å². The Bertz CT molecular complexity index is 2710. The molecule has 0 unspecified atom stereocenters. The Balaban J connectivity index is 0.901. The molecule has 4 aromatic carbocycles. The van der Waals surface area contributed by atoms with Gasteiger partial charge in [-0.05, 0) is 22.3 Å². The van der Waals surface area contributed by atoms with Crippen molar-refractivity contribution in [3.05, 3.63) is 119 Å². The predicted molar refractivity (Wildman–Crippen MR) is 263 cm³/mol. The van der Waals surface area contributed by atoms with Crippen LogP contribution in [0.2, 0.25) is 0 Å². The lowest BCUT2D eigenvalue weighted by atomic mass is 9.86. The zero-order chi connectivity index (χ0) is 49.3. The summed E-state index contributed by atoms with van der Waals surface area (Å²) in [6.45, 7) is 1.08. The van der Waals surface area contributed by atoms with Crippen molar-refractivity contribution >= 4 is 47.6 Å². The van der Waals surface area contributed by atoms with Gasteiger partial charge in [0.05, 0.1) is 31.8 Å². The fraction of sp³-hybridized carbons (Fsp3) is 0.234. The molecule has 0 aliphatic carbocycles. The summed E-state index contributed by atoms with van der Waals surface area (Å²) in [6.07, 6.45) is 1.55. The summed E-state index contributed by atoms with van der Waals surface area (Å²) in [7, 11) is 0. The number of ether oxygens (including phenoxy) is 4. The number of hydrogen-bond acceptors (Lipinski definition) is 24. The average Bonchev–Trinajstić information content (AvgIpc) is 3.33. The minimum Gasteiger partial charge on any atom is -0.368 e. The minimum atomic E-state index is -1.10.